The summed E-state index contributed by atoms with van der Waals surface area (Å²) in [4.78, 5) is 27.0. The van der Waals surface area contributed by atoms with Crippen LogP contribution in [0.25, 0.3) is 0 Å². The summed E-state index contributed by atoms with van der Waals surface area (Å²) < 4.78 is 5.57. The van der Waals surface area contributed by atoms with E-state index in [2.05, 4.69) is 5.32 Å². The molecule has 1 saturated carbocycles. The molecule has 0 bridgehead atoms. The fourth-order valence-electron chi connectivity index (χ4n) is 4.55. The van der Waals surface area contributed by atoms with Crippen LogP contribution in [-0.2, 0) is 16.1 Å². The summed E-state index contributed by atoms with van der Waals surface area (Å²) >= 11 is 0. The zero-order chi connectivity index (χ0) is 21.2. The van der Waals surface area contributed by atoms with Gasteiger partial charge < -0.3 is 15.2 Å². The van der Waals surface area contributed by atoms with Gasteiger partial charge in [-0.3, -0.25) is 9.69 Å². The maximum absolute atomic E-state index is 13.2. The fraction of sp³-hybridized carbons (Fsp3) is 0.667. The van der Waals surface area contributed by atoms with Crippen LogP contribution in [-0.4, -0.2) is 46.7 Å². The second-order valence-corrected chi connectivity index (χ2v) is 8.76. The quantitative estimate of drug-likeness (QED) is 0.683. The predicted molar refractivity (Wildman–Crippen MR) is 116 cm³/mol. The lowest BCUT2D eigenvalue weighted by molar-refractivity contribution is -0.133. The Labute approximate surface area is 180 Å². The standard InChI is InChI=1S/C24H36N2O4/c27-21(19-30-18-20-13-9-8-10-14-20)17-26-22(28)24(25-23(26)29)15-11-6-4-2-1-3-5-7-12-16-24/h8-10,13-14,21,27H,1-7,11-12,15-19H2,(H,25,29). The molecule has 1 atom stereocenters. The minimum absolute atomic E-state index is 0.0266. The Morgan fingerprint density at radius 2 is 1.50 bits per heavy atom. The molecule has 2 aliphatic rings. The van der Waals surface area contributed by atoms with E-state index in [0.29, 0.717) is 19.4 Å². The van der Waals surface area contributed by atoms with Crippen molar-refractivity contribution < 1.29 is 19.4 Å². The third-order valence-electron chi connectivity index (χ3n) is 6.27. The molecule has 30 heavy (non-hydrogen) atoms. The van der Waals surface area contributed by atoms with Gasteiger partial charge in [0.05, 0.1) is 25.9 Å². The molecule has 0 aromatic heterocycles. The Balaban J connectivity index is 1.53. The van der Waals surface area contributed by atoms with Crippen molar-refractivity contribution in [1.82, 2.24) is 10.2 Å². The summed E-state index contributed by atoms with van der Waals surface area (Å²) in [6.45, 7) is 0.447. The lowest BCUT2D eigenvalue weighted by Crippen LogP contribution is -2.47. The Morgan fingerprint density at radius 3 is 2.10 bits per heavy atom. The van der Waals surface area contributed by atoms with Crippen LogP contribution in [0, 0.1) is 0 Å². The van der Waals surface area contributed by atoms with Gasteiger partial charge in [-0.2, -0.15) is 0 Å². The summed E-state index contributed by atoms with van der Waals surface area (Å²) in [5.41, 5.74) is 0.229. The summed E-state index contributed by atoms with van der Waals surface area (Å²) in [6.07, 6.45) is 10.8. The first kappa shape index (κ1) is 22.8. The van der Waals surface area contributed by atoms with Crippen molar-refractivity contribution in [3.8, 4) is 0 Å². The second-order valence-electron chi connectivity index (χ2n) is 8.76. The van der Waals surface area contributed by atoms with Gasteiger partial charge in [0.2, 0.25) is 0 Å². The van der Waals surface area contributed by atoms with Gasteiger partial charge in [0.25, 0.3) is 5.91 Å². The smallest absolute Gasteiger partial charge is 0.325 e. The minimum atomic E-state index is -0.898. The normalized spacial score (nSPS) is 21.7. The van der Waals surface area contributed by atoms with Crippen molar-refractivity contribution in [2.24, 2.45) is 0 Å². The molecule has 1 aliphatic heterocycles. The molecule has 1 aromatic carbocycles. The monoisotopic (exact) mass is 416 g/mol. The van der Waals surface area contributed by atoms with Crippen molar-refractivity contribution >= 4 is 11.9 Å². The first-order chi connectivity index (χ1) is 14.6. The number of carbonyl (C=O) groups excluding carboxylic acids is 2. The van der Waals surface area contributed by atoms with Crippen molar-refractivity contribution in [3.05, 3.63) is 35.9 Å². The van der Waals surface area contributed by atoms with Gasteiger partial charge in [-0.05, 0) is 18.4 Å². The van der Waals surface area contributed by atoms with Gasteiger partial charge in [-0.25, -0.2) is 4.79 Å². The van der Waals surface area contributed by atoms with Crippen molar-refractivity contribution in [2.45, 2.75) is 88.9 Å². The predicted octanol–water partition coefficient (Wildman–Crippen LogP) is 4.16. The SMILES string of the molecule is O=C1NC2(CCCCCCCCCCC2)C(=O)N1CC(O)COCc1ccccc1. The van der Waals surface area contributed by atoms with Crippen LogP contribution in [0.15, 0.2) is 30.3 Å². The first-order valence-corrected chi connectivity index (χ1v) is 11.5. The minimum Gasteiger partial charge on any atom is -0.389 e. The molecular weight excluding hydrogens is 380 g/mol. The molecule has 1 saturated heterocycles. The lowest BCUT2D eigenvalue weighted by Gasteiger charge is -2.27. The molecule has 2 fully saturated rings. The van der Waals surface area contributed by atoms with E-state index < -0.39 is 11.6 Å². The van der Waals surface area contributed by atoms with Crippen LogP contribution in [0.2, 0.25) is 0 Å². The van der Waals surface area contributed by atoms with Gasteiger partial charge >= 0.3 is 6.03 Å². The van der Waals surface area contributed by atoms with Crippen molar-refractivity contribution in [3.63, 3.8) is 0 Å². The zero-order valence-electron chi connectivity index (χ0n) is 18.0. The van der Waals surface area contributed by atoms with Crippen LogP contribution in [0.5, 0.6) is 0 Å². The van der Waals surface area contributed by atoms with E-state index in [-0.39, 0.29) is 25.1 Å². The summed E-state index contributed by atoms with van der Waals surface area (Å²) in [7, 11) is 0. The molecule has 3 amide bonds. The Hall–Kier alpha value is -1.92. The van der Waals surface area contributed by atoms with Gasteiger partial charge in [-0.15, -0.1) is 0 Å². The van der Waals surface area contributed by atoms with Crippen LogP contribution in [0.4, 0.5) is 4.79 Å². The molecule has 3 rings (SSSR count). The largest absolute Gasteiger partial charge is 0.389 e. The highest BCUT2D eigenvalue weighted by Crippen LogP contribution is 2.31. The number of amides is 3. The average molecular weight is 417 g/mol. The number of imide groups is 1. The van der Waals surface area contributed by atoms with E-state index in [4.69, 9.17) is 4.74 Å². The van der Waals surface area contributed by atoms with Crippen LogP contribution in [0.3, 0.4) is 0 Å². The number of benzene rings is 1. The Morgan fingerprint density at radius 1 is 0.933 bits per heavy atom. The highest BCUT2D eigenvalue weighted by molar-refractivity contribution is 6.07. The highest BCUT2D eigenvalue weighted by atomic mass is 16.5. The molecule has 166 valence electrons. The summed E-state index contributed by atoms with van der Waals surface area (Å²) in [6, 6.07) is 9.34. The first-order valence-electron chi connectivity index (χ1n) is 11.5. The van der Waals surface area contributed by atoms with Crippen molar-refractivity contribution in [1.29, 1.82) is 0 Å². The molecule has 6 heteroatoms. The molecular formula is C24H36N2O4. The van der Waals surface area contributed by atoms with Gasteiger partial charge in [0, 0.05) is 0 Å². The van der Waals surface area contributed by atoms with E-state index in [0.717, 1.165) is 31.2 Å². The van der Waals surface area contributed by atoms with Gasteiger partial charge in [0.1, 0.15) is 5.54 Å². The van der Waals surface area contributed by atoms with Crippen LogP contribution < -0.4 is 5.32 Å². The molecule has 6 nitrogen and oxygen atoms in total. The number of ether oxygens (including phenoxy) is 1. The Kier molecular flexibility index (Phi) is 8.70. The molecule has 1 aromatic rings. The highest BCUT2D eigenvalue weighted by Gasteiger charge is 2.50. The number of β-amino-alcohol motifs (C(OH)–C–C–N with tert-alkyl or cyclic N) is 1. The maximum Gasteiger partial charge on any atom is 0.325 e. The van der Waals surface area contributed by atoms with E-state index >= 15 is 0 Å². The topological polar surface area (TPSA) is 78.9 Å². The molecule has 0 radical (unpaired) electrons. The third-order valence-corrected chi connectivity index (χ3v) is 6.27. The van der Waals surface area contributed by atoms with Gasteiger partial charge in [-0.1, -0.05) is 88.1 Å². The van der Waals surface area contributed by atoms with Crippen LogP contribution >= 0.6 is 0 Å². The number of hydrogen-bond acceptors (Lipinski definition) is 4. The summed E-state index contributed by atoms with van der Waals surface area (Å²) in [5.74, 6) is -0.174. The van der Waals surface area contributed by atoms with E-state index in [9.17, 15) is 14.7 Å². The number of aliphatic hydroxyl groups is 1. The molecule has 1 spiro atoms. The number of nitrogens with zero attached hydrogens (tertiary/aromatic N) is 1. The van der Waals surface area contributed by atoms with Crippen molar-refractivity contribution in [2.75, 3.05) is 13.2 Å². The second kappa shape index (κ2) is 11.5. The zero-order valence-corrected chi connectivity index (χ0v) is 18.0. The number of carbonyl (C=O) groups is 2. The number of urea groups is 1. The number of rotatable bonds is 6. The molecule has 2 N–H and O–H groups in total. The number of nitrogens with one attached hydrogen (secondary N) is 1. The van der Waals surface area contributed by atoms with E-state index in [1.54, 1.807) is 0 Å². The molecule has 1 unspecified atom stereocenters. The number of aliphatic hydroxyl groups excluding tert-OH is 1. The molecule has 1 heterocycles. The average Bonchev–Trinajstić information content (AvgIpc) is 2.96. The number of hydrogen-bond donors (Lipinski definition) is 2. The van der Waals surface area contributed by atoms with E-state index in [1.807, 2.05) is 30.3 Å². The molecule has 1 aliphatic carbocycles. The summed E-state index contributed by atoms with van der Waals surface area (Å²) in [5, 5.41) is 13.4. The third kappa shape index (κ3) is 6.29. The van der Waals surface area contributed by atoms with Gasteiger partial charge in [0.15, 0.2) is 0 Å². The lowest BCUT2D eigenvalue weighted by atomic mass is 9.85. The maximum atomic E-state index is 13.2. The fourth-order valence-corrected chi connectivity index (χ4v) is 4.55. The van der Waals surface area contributed by atoms with Crippen LogP contribution in [0.1, 0.15) is 76.2 Å². The van der Waals surface area contributed by atoms with E-state index in [1.165, 1.54) is 37.0 Å². The Bertz CT molecular complexity index is 667.